The van der Waals surface area contributed by atoms with Crippen molar-refractivity contribution in [1.82, 2.24) is 4.90 Å². The van der Waals surface area contributed by atoms with Crippen molar-refractivity contribution in [3.05, 3.63) is 35.9 Å². The molecule has 0 saturated heterocycles. The maximum atomic E-state index is 5.45. The molecular weight excluding hydrogens is 198 g/mol. The average Bonchev–Trinajstić information content (AvgIpc) is 2.29. The molecule has 1 aromatic carbocycles. The van der Waals surface area contributed by atoms with Gasteiger partial charge in [0.1, 0.15) is 0 Å². The minimum atomic E-state index is 0.572. The number of rotatable bonds is 7. The summed E-state index contributed by atoms with van der Waals surface area (Å²) in [4.78, 5) is 2.24. The van der Waals surface area contributed by atoms with E-state index < -0.39 is 0 Å². The molecule has 2 nitrogen and oxygen atoms in total. The second-order valence-corrected chi connectivity index (χ2v) is 4.36. The Bertz CT molecular complexity index is 271. The molecule has 0 aliphatic rings. The molecule has 0 saturated carbocycles. The van der Waals surface area contributed by atoms with E-state index in [4.69, 9.17) is 4.74 Å². The predicted molar refractivity (Wildman–Crippen MR) is 68.8 cm³/mol. The average molecular weight is 221 g/mol. The first kappa shape index (κ1) is 13.2. The molecule has 2 heteroatoms. The SMILES string of the molecule is CCOCCC(CN(C)C)c1ccccc1. The Labute approximate surface area is 99.2 Å². The molecule has 0 bridgehead atoms. The van der Waals surface area contributed by atoms with E-state index >= 15 is 0 Å². The van der Waals surface area contributed by atoms with Gasteiger partial charge in [-0.05, 0) is 38.9 Å². The minimum Gasteiger partial charge on any atom is -0.382 e. The van der Waals surface area contributed by atoms with Crippen molar-refractivity contribution >= 4 is 0 Å². The van der Waals surface area contributed by atoms with Crippen LogP contribution in [0.25, 0.3) is 0 Å². The Morgan fingerprint density at radius 2 is 1.88 bits per heavy atom. The molecule has 0 aliphatic carbocycles. The molecule has 1 atom stereocenters. The highest BCUT2D eigenvalue weighted by Crippen LogP contribution is 2.20. The number of likely N-dealkylation sites (N-methyl/N-ethyl adjacent to an activating group) is 1. The first-order valence-electron chi connectivity index (χ1n) is 6.01. The van der Waals surface area contributed by atoms with Gasteiger partial charge < -0.3 is 9.64 Å². The third-order valence-electron chi connectivity index (χ3n) is 2.67. The minimum absolute atomic E-state index is 0.572. The first-order valence-corrected chi connectivity index (χ1v) is 6.01. The van der Waals surface area contributed by atoms with Crippen molar-refractivity contribution in [2.45, 2.75) is 19.3 Å². The summed E-state index contributed by atoms with van der Waals surface area (Å²) in [6.45, 7) is 4.79. The summed E-state index contributed by atoms with van der Waals surface area (Å²) in [6.07, 6.45) is 1.09. The molecule has 0 fully saturated rings. The van der Waals surface area contributed by atoms with Gasteiger partial charge in [0.25, 0.3) is 0 Å². The molecular formula is C14H23NO. The van der Waals surface area contributed by atoms with Gasteiger partial charge in [0, 0.05) is 19.8 Å². The summed E-state index contributed by atoms with van der Waals surface area (Å²) in [5.74, 6) is 0.572. The molecule has 0 heterocycles. The number of nitrogens with zero attached hydrogens (tertiary/aromatic N) is 1. The number of hydrogen-bond acceptors (Lipinski definition) is 2. The molecule has 1 unspecified atom stereocenters. The lowest BCUT2D eigenvalue weighted by Gasteiger charge is -2.21. The van der Waals surface area contributed by atoms with Crippen molar-refractivity contribution in [2.24, 2.45) is 0 Å². The first-order chi connectivity index (χ1) is 7.74. The third kappa shape index (κ3) is 4.77. The Morgan fingerprint density at radius 3 is 2.44 bits per heavy atom. The molecule has 1 aromatic rings. The summed E-state index contributed by atoms with van der Waals surface area (Å²) in [6, 6.07) is 10.7. The van der Waals surface area contributed by atoms with Crippen molar-refractivity contribution in [2.75, 3.05) is 33.9 Å². The monoisotopic (exact) mass is 221 g/mol. The molecule has 0 aliphatic heterocycles. The Morgan fingerprint density at radius 1 is 1.19 bits per heavy atom. The van der Waals surface area contributed by atoms with E-state index in [9.17, 15) is 0 Å². The van der Waals surface area contributed by atoms with E-state index in [-0.39, 0.29) is 0 Å². The lowest BCUT2D eigenvalue weighted by Crippen LogP contribution is -2.21. The van der Waals surface area contributed by atoms with E-state index in [1.807, 2.05) is 6.92 Å². The normalized spacial score (nSPS) is 13.0. The second-order valence-electron chi connectivity index (χ2n) is 4.36. The van der Waals surface area contributed by atoms with Crippen molar-refractivity contribution in [1.29, 1.82) is 0 Å². The lowest BCUT2D eigenvalue weighted by molar-refractivity contribution is 0.136. The highest BCUT2D eigenvalue weighted by Gasteiger charge is 2.11. The van der Waals surface area contributed by atoms with Gasteiger partial charge in [0.2, 0.25) is 0 Å². The molecule has 0 aromatic heterocycles. The van der Waals surface area contributed by atoms with E-state index in [1.54, 1.807) is 0 Å². The molecule has 0 spiro atoms. The molecule has 0 N–H and O–H groups in total. The van der Waals surface area contributed by atoms with Gasteiger partial charge >= 0.3 is 0 Å². The predicted octanol–water partition coefficient (Wildman–Crippen LogP) is 2.76. The second kappa shape index (κ2) is 7.42. The van der Waals surface area contributed by atoms with Crippen molar-refractivity contribution < 1.29 is 4.74 Å². The summed E-state index contributed by atoms with van der Waals surface area (Å²) in [7, 11) is 4.24. The highest BCUT2D eigenvalue weighted by atomic mass is 16.5. The topological polar surface area (TPSA) is 12.5 Å². The maximum Gasteiger partial charge on any atom is 0.0472 e. The van der Waals surface area contributed by atoms with E-state index in [1.165, 1.54) is 5.56 Å². The fourth-order valence-corrected chi connectivity index (χ4v) is 1.90. The lowest BCUT2D eigenvalue weighted by atomic mass is 9.96. The summed E-state index contributed by atoms with van der Waals surface area (Å²) >= 11 is 0. The van der Waals surface area contributed by atoms with Crippen LogP contribution >= 0.6 is 0 Å². The fraction of sp³-hybridized carbons (Fsp3) is 0.571. The van der Waals surface area contributed by atoms with Gasteiger partial charge in [-0.25, -0.2) is 0 Å². The number of benzene rings is 1. The van der Waals surface area contributed by atoms with Crippen LogP contribution in [0.5, 0.6) is 0 Å². The van der Waals surface area contributed by atoms with Gasteiger partial charge in [0.05, 0.1) is 0 Å². The van der Waals surface area contributed by atoms with Crippen molar-refractivity contribution in [3.63, 3.8) is 0 Å². The van der Waals surface area contributed by atoms with Crippen LogP contribution in [0.4, 0.5) is 0 Å². The van der Waals surface area contributed by atoms with Gasteiger partial charge in [0.15, 0.2) is 0 Å². The smallest absolute Gasteiger partial charge is 0.0472 e. The van der Waals surface area contributed by atoms with E-state index in [0.717, 1.165) is 26.2 Å². The summed E-state index contributed by atoms with van der Waals surface area (Å²) in [5, 5.41) is 0. The zero-order valence-corrected chi connectivity index (χ0v) is 10.6. The quantitative estimate of drug-likeness (QED) is 0.656. The van der Waals surface area contributed by atoms with Crippen LogP contribution in [0.15, 0.2) is 30.3 Å². The maximum absolute atomic E-state index is 5.45. The molecule has 0 radical (unpaired) electrons. The van der Waals surface area contributed by atoms with Crippen LogP contribution in [0, 0.1) is 0 Å². The number of ether oxygens (including phenoxy) is 1. The van der Waals surface area contributed by atoms with Crippen LogP contribution in [0.2, 0.25) is 0 Å². The summed E-state index contributed by atoms with van der Waals surface area (Å²) in [5.41, 5.74) is 1.41. The van der Waals surface area contributed by atoms with E-state index in [2.05, 4.69) is 49.3 Å². The molecule has 0 amide bonds. The van der Waals surface area contributed by atoms with Crippen LogP contribution < -0.4 is 0 Å². The van der Waals surface area contributed by atoms with Gasteiger partial charge in [-0.2, -0.15) is 0 Å². The Hall–Kier alpha value is -0.860. The zero-order chi connectivity index (χ0) is 11.8. The Balaban J connectivity index is 2.56. The molecule has 90 valence electrons. The summed E-state index contributed by atoms with van der Waals surface area (Å²) < 4.78 is 5.45. The number of hydrogen-bond donors (Lipinski definition) is 0. The third-order valence-corrected chi connectivity index (χ3v) is 2.67. The van der Waals surface area contributed by atoms with Crippen LogP contribution in [0.1, 0.15) is 24.8 Å². The van der Waals surface area contributed by atoms with Crippen molar-refractivity contribution in [3.8, 4) is 0 Å². The standard InChI is InChI=1S/C14H23NO/c1-4-16-11-10-14(12-15(2)3)13-8-6-5-7-9-13/h5-9,14H,4,10-12H2,1-3H3. The van der Waals surface area contributed by atoms with Crippen LogP contribution in [0.3, 0.4) is 0 Å². The fourth-order valence-electron chi connectivity index (χ4n) is 1.90. The molecule has 16 heavy (non-hydrogen) atoms. The largest absolute Gasteiger partial charge is 0.382 e. The highest BCUT2D eigenvalue weighted by molar-refractivity contribution is 5.19. The van der Waals surface area contributed by atoms with Gasteiger partial charge in [-0.3, -0.25) is 0 Å². The van der Waals surface area contributed by atoms with Crippen LogP contribution in [-0.2, 0) is 4.74 Å². The van der Waals surface area contributed by atoms with E-state index in [0.29, 0.717) is 5.92 Å². The van der Waals surface area contributed by atoms with Crippen LogP contribution in [-0.4, -0.2) is 38.8 Å². The van der Waals surface area contributed by atoms with Gasteiger partial charge in [-0.15, -0.1) is 0 Å². The zero-order valence-electron chi connectivity index (χ0n) is 10.6. The molecule has 1 rings (SSSR count). The Kier molecular flexibility index (Phi) is 6.12. The van der Waals surface area contributed by atoms with Gasteiger partial charge in [-0.1, -0.05) is 30.3 Å².